The van der Waals surface area contributed by atoms with E-state index in [1.807, 2.05) is 12.2 Å². The highest BCUT2D eigenvalue weighted by Gasteiger charge is 2.25. The molecule has 282 valence electrons. The SMILES string of the molecule is C=Cc1c(C)n(-c2cc(-c3ccc4c5c(cccc35)-c3cc5ccc(-c6cccc7ccccc67)cc5cc3-4)cc(-n3c(C)c(C=C)c4ccccc43)c2)c2ccccc12. The monoisotopic (exact) mass is 764 g/mol. The van der Waals surface area contributed by atoms with E-state index in [1.54, 1.807) is 0 Å². The fraction of sp³-hybridized carbons (Fsp3) is 0.0345. The molecule has 1 aliphatic carbocycles. The van der Waals surface area contributed by atoms with Crippen LogP contribution in [-0.4, -0.2) is 9.13 Å². The Morgan fingerprint density at radius 2 is 0.883 bits per heavy atom. The lowest BCUT2D eigenvalue weighted by molar-refractivity contribution is 1.02. The Labute approximate surface area is 349 Å². The first-order valence-corrected chi connectivity index (χ1v) is 20.7. The van der Waals surface area contributed by atoms with Gasteiger partial charge in [0.25, 0.3) is 0 Å². The fourth-order valence-corrected chi connectivity index (χ4v) is 10.5. The summed E-state index contributed by atoms with van der Waals surface area (Å²) in [6, 6.07) is 63.0. The Kier molecular flexibility index (Phi) is 7.40. The van der Waals surface area contributed by atoms with Gasteiger partial charge in [0.15, 0.2) is 0 Å². The van der Waals surface area contributed by atoms with Crippen LogP contribution in [0, 0.1) is 13.8 Å². The molecular formula is C58H40N2. The highest BCUT2D eigenvalue weighted by atomic mass is 15.0. The molecule has 11 aromatic rings. The lowest BCUT2D eigenvalue weighted by Crippen LogP contribution is -2.03. The molecule has 0 saturated heterocycles. The van der Waals surface area contributed by atoms with E-state index in [2.05, 4.69) is 206 Å². The zero-order valence-electron chi connectivity index (χ0n) is 33.6. The van der Waals surface area contributed by atoms with Crippen molar-refractivity contribution in [3.05, 3.63) is 206 Å². The molecule has 0 unspecified atom stereocenters. The maximum Gasteiger partial charge on any atom is 0.0537 e. The van der Waals surface area contributed by atoms with Crippen LogP contribution in [0.15, 0.2) is 183 Å². The number of fused-ring (bicyclic) bond motifs is 7. The van der Waals surface area contributed by atoms with Crippen LogP contribution in [0.3, 0.4) is 0 Å². The first-order chi connectivity index (χ1) is 29.5. The van der Waals surface area contributed by atoms with Gasteiger partial charge in [0.05, 0.1) is 11.0 Å². The van der Waals surface area contributed by atoms with Crippen LogP contribution in [0.2, 0.25) is 0 Å². The van der Waals surface area contributed by atoms with Gasteiger partial charge in [0, 0.05) is 44.7 Å². The zero-order chi connectivity index (χ0) is 40.2. The molecular weight excluding hydrogens is 725 g/mol. The number of hydrogen-bond acceptors (Lipinski definition) is 0. The largest absolute Gasteiger partial charge is 0.313 e. The minimum absolute atomic E-state index is 1.11. The summed E-state index contributed by atoms with van der Waals surface area (Å²) in [5, 5.41) is 10.0. The second-order valence-electron chi connectivity index (χ2n) is 16.2. The predicted molar refractivity (Wildman–Crippen MR) is 258 cm³/mol. The summed E-state index contributed by atoms with van der Waals surface area (Å²) >= 11 is 0. The van der Waals surface area contributed by atoms with E-state index in [-0.39, 0.29) is 0 Å². The van der Waals surface area contributed by atoms with E-state index in [0.717, 1.165) is 22.5 Å². The first kappa shape index (κ1) is 34.4. The predicted octanol–water partition coefficient (Wildman–Crippen LogP) is 15.9. The Morgan fingerprint density at radius 1 is 0.367 bits per heavy atom. The third kappa shape index (κ3) is 4.82. The third-order valence-corrected chi connectivity index (χ3v) is 13.2. The smallest absolute Gasteiger partial charge is 0.0537 e. The molecule has 60 heavy (non-hydrogen) atoms. The molecule has 0 atom stereocenters. The molecule has 2 heterocycles. The number of para-hydroxylation sites is 2. The van der Waals surface area contributed by atoms with Gasteiger partial charge >= 0.3 is 0 Å². The van der Waals surface area contributed by atoms with Crippen molar-refractivity contribution < 1.29 is 0 Å². The summed E-state index contributed by atoms with van der Waals surface area (Å²) in [6.07, 6.45) is 3.99. The number of rotatable bonds is 6. The average Bonchev–Trinajstić information content (AvgIpc) is 3.88. The van der Waals surface area contributed by atoms with Gasteiger partial charge in [-0.2, -0.15) is 0 Å². The van der Waals surface area contributed by atoms with E-state index >= 15 is 0 Å². The van der Waals surface area contributed by atoms with E-state index < -0.39 is 0 Å². The minimum Gasteiger partial charge on any atom is -0.313 e. The molecule has 12 rings (SSSR count). The Bertz CT molecular complexity index is 3550. The van der Waals surface area contributed by atoms with E-state index in [4.69, 9.17) is 0 Å². The molecule has 2 nitrogen and oxygen atoms in total. The van der Waals surface area contributed by atoms with Crippen LogP contribution in [-0.2, 0) is 0 Å². The van der Waals surface area contributed by atoms with Crippen molar-refractivity contribution in [3.8, 4) is 55.9 Å². The van der Waals surface area contributed by atoms with Crippen molar-refractivity contribution in [1.29, 1.82) is 0 Å². The summed E-state index contributed by atoms with van der Waals surface area (Å²) in [7, 11) is 0. The molecule has 0 N–H and O–H groups in total. The van der Waals surface area contributed by atoms with Gasteiger partial charge in [-0.05, 0) is 139 Å². The molecule has 0 amide bonds. The summed E-state index contributed by atoms with van der Waals surface area (Å²) in [5.74, 6) is 0. The molecule has 2 aromatic heterocycles. The van der Waals surface area contributed by atoms with Crippen LogP contribution in [0.4, 0.5) is 0 Å². The first-order valence-electron chi connectivity index (χ1n) is 20.7. The van der Waals surface area contributed by atoms with Crippen LogP contribution in [0.1, 0.15) is 22.5 Å². The van der Waals surface area contributed by atoms with Crippen molar-refractivity contribution in [3.63, 3.8) is 0 Å². The second-order valence-corrected chi connectivity index (χ2v) is 16.2. The van der Waals surface area contributed by atoms with Crippen molar-refractivity contribution in [2.24, 2.45) is 0 Å². The summed E-state index contributed by atoms with van der Waals surface area (Å²) in [4.78, 5) is 0. The van der Waals surface area contributed by atoms with Gasteiger partial charge in [-0.25, -0.2) is 0 Å². The Hall–Kier alpha value is -7.68. The minimum atomic E-state index is 1.11. The van der Waals surface area contributed by atoms with Gasteiger partial charge in [-0.3, -0.25) is 0 Å². The third-order valence-electron chi connectivity index (χ3n) is 13.2. The number of benzene rings is 9. The highest BCUT2D eigenvalue weighted by Crippen LogP contribution is 2.51. The number of aromatic nitrogens is 2. The molecule has 9 aromatic carbocycles. The van der Waals surface area contributed by atoms with Crippen LogP contribution in [0.5, 0.6) is 0 Å². The van der Waals surface area contributed by atoms with E-state index in [9.17, 15) is 0 Å². The van der Waals surface area contributed by atoms with Crippen molar-refractivity contribution in [2.45, 2.75) is 13.8 Å². The van der Waals surface area contributed by atoms with E-state index in [0.29, 0.717) is 0 Å². The second kappa shape index (κ2) is 12.9. The molecule has 1 aliphatic rings. The van der Waals surface area contributed by atoms with E-state index in [1.165, 1.54) is 110 Å². The van der Waals surface area contributed by atoms with Crippen LogP contribution >= 0.6 is 0 Å². The van der Waals surface area contributed by atoms with Crippen molar-refractivity contribution in [1.82, 2.24) is 9.13 Å². The summed E-state index contributed by atoms with van der Waals surface area (Å²) in [5.41, 5.74) is 19.3. The average molecular weight is 765 g/mol. The van der Waals surface area contributed by atoms with Crippen molar-refractivity contribution >= 4 is 66.3 Å². The molecule has 0 bridgehead atoms. The molecule has 0 fully saturated rings. The highest BCUT2D eigenvalue weighted by molar-refractivity contribution is 6.20. The van der Waals surface area contributed by atoms with Crippen molar-refractivity contribution in [2.75, 3.05) is 0 Å². The molecule has 0 saturated carbocycles. The molecule has 0 radical (unpaired) electrons. The maximum atomic E-state index is 4.23. The fourth-order valence-electron chi connectivity index (χ4n) is 10.5. The molecule has 2 heteroatoms. The number of hydrogen-bond donors (Lipinski definition) is 0. The van der Waals surface area contributed by atoms with Gasteiger partial charge in [0.1, 0.15) is 0 Å². The standard InChI is InChI=1S/C58H40N2/c1-5-44-35(3)59(56-23-11-9-18-49(44)56)42-30-41(31-43(34-42)60-36(4)45(6-2)50-19-10-12-24-57(50)60)48-27-28-53-55-33-40-29-39(47-20-13-16-37-15-7-8-17-46(37)47)26-25-38(40)32-54(55)52-22-14-21-51(48)58(52)53/h5-34H,1-2H2,3-4H3. The Morgan fingerprint density at radius 3 is 1.57 bits per heavy atom. The summed E-state index contributed by atoms with van der Waals surface area (Å²) in [6.45, 7) is 12.9. The van der Waals surface area contributed by atoms with Gasteiger partial charge in [-0.1, -0.05) is 147 Å². The Balaban J connectivity index is 1.08. The molecule has 0 spiro atoms. The summed E-state index contributed by atoms with van der Waals surface area (Å²) < 4.78 is 4.81. The van der Waals surface area contributed by atoms with Gasteiger partial charge in [0.2, 0.25) is 0 Å². The molecule has 0 aliphatic heterocycles. The maximum absolute atomic E-state index is 4.23. The van der Waals surface area contributed by atoms with Gasteiger partial charge < -0.3 is 9.13 Å². The van der Waals surface area contributed by atoms with Gasteiger partial charge in [-0.15, -0.1) is 0 Å². The zero-order valence-corrected chi connectivity index (χ0v) is 33.6. The quantitative estimate of drug-likeness (QED) is 0.160. The van der Waals surface area contributed by atoms with Crippen LogP contribution < -0.4 is 0 Å². The number of nitrogens with zero attached hydrogens (tertiary/aromatic N) is 2. The lowest BCUT2D eigenvalue weighted by atomic mass is 9.93. The lowest BCUT2D eigenvalue weighted by Gasteiger charge is -2.18. The topological polar surface area (TPSA) is 9.86 Å². The normalized spacial score (nSPS) is 12.0. The van der Waals surface area contributed by atoms with Crippen LogP contribution in [0.25, 0.3) is 122 Å².